The smallest absolute Gasteiger partial charge is 0.0787 e. The molecule has 0 amide bonds. The molecule has 0 saturated carbocycles. The first kappa shape index (κ1) is 14.5. The fourth-order valence-corrected chi connectivity index (χ4v) is 1.38. The molecule has 0 bridgehead atoms. The Morgan fingerprint density at radius 3 is 2.21 bits per heavy atom. The number of quaternary nitrogens is 1. The van der Waals surface area contributed by atoms with Crippen molar-refractivity contribution in [3.05, 3.63) is 0 Å². The molecule has 0 aromatic carbocycles. The van der Waals surface area contributed by atoms with Crippen molar-refractivity contribution in [2.75, 3.05) is 20.1 Å². The van der Waals surface area contributed by atoms with Gasteiger partial charge in [-0.25, -0.2) is 0 Å². The highest BCUT2D eigenvalue weighted by Crippen LogP contribution is 2.22. The fraction of sp³-hybridized carbons (Fsp3) is 1.00. The highest BCUT2D eigenvalue weighted by Gasteiger charge is 2.25. The summed E-state index contributed by atoms with van der Waals surface area (Å²) in [6.07, 6.45) is 3.56. The first-order valence-electron chi connectivity index (χ1n) is 5.33. The Hall–Kier alpha value is 0.500. The molecule has 14 heavy (non-hydrogen) atoms. The van der Waals surface area contributed by atoms with E-state index in [9.17, 15) is 0 Å². The van der Waals surface area contributed by atoms with Crippen molar-refractivity contribution in [3.8, 4) is 0 Å². The van der Waals surface area contributed by atoms with Crippen LogP contribution in [0, 0.1) is 0 Å². The van der Waals surface area contributed by atoms with Gasteiger partial charge in [-0.1, -0.05) is 13.3 Å². The summed E-state index contributed by atoms with van der Waals surface area (Å²) in [7, 11) is 2.22. The third kappa shape index (κ3) is 6.07. The average Bonchev–Trinajstić information content (AvgIpc) is 2.11. The van der Waals surface area contributed by atoms with Crippen LogP contribution in [0.1, 0.15) is 40.0 Å². The second-order valence-electron chi connectivity index (χ2n) is 4.61. The summed E-state index contributed by atoms with van der Waals surface area (Å²) in [6.45, 7) is 8.68. The van der Waals surface area contributed by atoms with Crippen molar-refractivity contribution in [2.24, 2.45) is 0 Å². The molecule has 0 aromatic heterocycles. The first-order valence-corrected chi connectivity index (χ1v) is 6.01. The number of nitrogens with one attached hydrogen (secondary N) is 1. The van der Waals surface area contributed by atoms with Crippen LogP contribution in [0.15, 0.2) is 0 Å². The van der Waals surface area contributed by atoms with Crippen molar-refractivity contribution in [1.82, 2.24) is 3.94 Å². The van der Waals surface area contributed by atoms with E-state index in [4.69, 9.17) is 23.6 Å². The summed E-state index contributed by atoms with van der Waals surface area (Å²) >= 11 is 11.5. The number of nitrogens with zero attached hydrogens (tertiary/aromatic N) is 1. The van der Waals surface area contributed by atoms with Gasteiger partial charge in [-0.3, -0.25) is 0 Å². The van der Waals surface area contributed by atoms with Crippen LogP contribution in [-0.2, 0) is 0 Å². The highest BCUT2D eigenvalue weighted by atomic mass is 35.5. The van der Waals surface area contributed by atoms with Crippen LogP contribution in [-0.4, -0.2) is 29.6 Å². The molecular formula is C10H23Cl2N2+. The molecule has 1 atom stereocenters. The van der Waals surface area contributed by atoms with Gasteiger partial charge in [0.05, 0.1) is 25.7 Å². The van der Waals surface area contributed by atoms with Crippen LogP contribution in [0.4, 0.5) is 0 Å². The van der Waals surface area contributed by atoms with Crippen LogP contribution >= 0.6 is 23.6 Å². The number of unbranched alkanes of at least 4 members (excludes halogenated alkanes) is 1. The predicted octanol–water partition coefficient (Wildman–Crippen LogP) is 2.08. The zero-order valence-electron chi connectivity index (χ0n) is 9.74. The van der Waals surface area contributed by atoms with Crippen molar-refractivity contribution >= 4 is 23.6 Å². The molecule has 0 saturated heterocycles. The van der Waals surface area contributed by atoms with E-state index in [1.165, 1.54) is 23.3 Å². The molecular weight excluding hydrogens is 219 g/mol. The molecule has 0 rings (SSSR count). The Kier molecular flexibility index (Phi) is 7.13. The first-order chi connectivity index (χ1) is 6.40. The molecule has 0 fully saturated rings. The van der Waals surface area contributed by atoms with E-state index in [2.05, 4.69) is 27.8 Å². The Balaban J connectivity index is 3.70. The second-order valence-corrected chi connectivity index (χ2v) is 5.46. The van der Waals surface area contributed by atoms with Crippen LogP contribution in [0.25, 0.3) is 0 Å². The van der Waals surface area contributed by atoms with E-state index >= 15 is 0 Å². The predicted molar refractivity (Wildman–Crippen MR) is 63.8 cm³/mol. The van der Waals surface area contributed by atoms with Gasteiger partial charge in [0.1, 0.15) is 0 Å². The summed E-state index contributed by atoms with van der Waals surface area (Å²) in [5.74, 6) is 0. The van der Waals surface area contributed by atoms with Gasteiger partial charge in [0, 0.05) is 6.42 Å². The summed E-state index contributed by atoms with van der Waals surface area (Å²) < 4.78 is 1.26. The molecule has 0 radical (unpaired) electrons. The maximum Gasteiger partial charge on any atom is 0.0787 e. The lowest BCUT2D eigenvalue weighted by Crippen LogP contribution is -3.09. The molecule has 1 N–H and O–H groups in total. The number of hydrogen-bond donors (Lipinski definition) is 1. The van der Waals surface area contributed by atoms with E-state index in [1.807, 2.05) is 0 Å². The molecule has 0 aliphatic carbocycles. The molecule has 86 valence electrons. The SMILES string of the molecule is CCCC[NH+](C)CCC(C)(C)N(Cl)Cl. The number of hydrogen-bond acceptors (Lipinski definition) is 1. The van der Waals surface area contributed by atoms with E-state index in [0.29, 0.717) is 0 Å². The van der Waals surface area contributed by atoms with Crippen molar-refractivity contribution in [2.45, 2.75) is 45.6 Å². The number of rotatable bonds is 7. The standard InChI is InChI=1S/C10H22Cl2N2/c1-5-6-8-13(4)9-7-10(2,3)14(11)12/h5-9H2,1-4H3/p+1. The van der Waals surface area contributed by atoms with Gasteiger partial charge in [-0.2, -0.15) is 0 Å². The fourth-order valence-electron chi connectivity index (χ4n) is 1.21. The molecule has 0 aliphatic rings. The summed E-state index contributed by atoms with van der Waals surface area (Å²) in [5, 5.41) is 0. The lowest BCUT2D eigenvalue weighted by Gasteiger charge is -2.28. The van der Waals surface area contributed by atoms with Crippen molar-refractivity contribution in [3.63, 3.8) is 0 Å². The zero-order valence-corrected chi connectivity index (χ0v) is 11.3. The maximum absolute atomic E-state index is 5.75. The monoisotopic (exact) mass is 241 g/mol. The number of halogens is 2. The summed E-state index contributed by atoms with van der Waals surface area (Å²) in [5.41, 5.74) is -0.128. The minimum atomic E-state index is -0.128. The minimum Gasteiger partial charge on any atom is -0.337 e. The third-order valence-corrected chi connectivity index (χ3v) is 3.49. The van der Waals surface area contributed by atoms with Gasteiger partial charge in [0.25, 0.3) is 0 Å². The zero-order chi connectivity index (χ0) is 11.2. The largest absolute Gasteiger partial charge is 0.337 e. The summed E-state index contributed by atoms with van der Waals surface area (Å²) in [4.78, 5) is 1.55. The van der Waals surface area contributed by atoms with Crippen LogP contribution < -0.4 is 4.90 Å². The van der Waals surface area contributed by atoms with Crippen LogP contribution in [0.5, 0.6) is 0 Å². The Labute approximate surface area is 98.4 Å². The highest BCUT2D eigenvalue weighted by molar-refractivity contribution is 6.34. The molecule has 1 unspecified atom stereocenters. The van der Waals surface area contributed by atoms with E-state index in [0.717, 1.165) is 13.0 Å². The van der Waals surface area contributed by atoms with Gasteiger partial charge in [-0.15, -0.1) is 3.94 Å². The molecule has 0 aromatic rings. The quantitative estimate of drug-likeness (QED) is 0.672. The molecule has 0 aliphatic heterocycles. The lowest BCUT2D eigenvalue weighted by molar-refractivity contribution is -0.880. The average molecular weight is 242 g/mol. The molecule has 4 heteroatoms. The Morgan fingerprint density at radius 2 is 1.79 bits per heavy atom. The second kappa shape index (κ2) is 6.89. The lowest BCUT2D eigenvalue weighted by atomic mass is 10.0. The topological polar surface area (TPSA) is 7.68 Å². The van der Waals surface area contributed by atoms with E-state index < -0.39 is 0 Å². The Morgan fingerprint density at radius 1 is 1.21 bits per heavy atom. The van der Waals surface area contributed by atoms with Gasteiger partial charge in [0.15, 0.2) is 0 Å². The van der Waals surface area contributed by atoms with Crippen molar-refractivity contribution < 1.29 is 4.90 Å². The third-order valence-electron chi connectivity index (χ3n) is 2.58. The summed E-state index contributed by atoms with van der Waals surface area (Å²) in [6, 6.07) is 0. The van der Waals surface area contributed by atoms with Gasteiger partial charge >= 0.3 is 0 Å². The molecule has 2 nitrogen and oxygen atoms in total. The molecule has 0 spiro atoms. The van der Waals surface area contributed by atoms with Crippen LogP contribution in [0.3, 0.4) is 0 Å². The normalized spacial score (nSPS) is 14.8. The molecule has 0 heterocycles. The van der Waals surface area contributed by atoms with Gasteiger partial charge in [-0.05, 0) is 43.8 Å². The minimum absolute atomic E-state index is 0.128. The Bertz CT molecular complexity index is 149. The maximum atomic E-state index is 5.75. The van der Waals surface area contributed by atoms with Crippen LogP contribution in [0.2, 0.25) is 0 Å². The van der Waals surface area contributed by atoms with E-state index in [1.54, 1.807) is 4.90 Å². The van der Waals surface area contributed by atoms with Crippen molar-refractivity contribution in [1.29, 1.82) is 0 Å². The van der Waals surface area contributed by atoms with Gasteiger partial charge in [0.2, 0.25) is 0 Å². The van der Waals surface area contributed by atoms with E-state index in [-0.39, 0.29) is 5.54 Å². The van der Waals surface area contributed by atoms with Gasteiger partial charge < -0.3 is 4.90 Å².